The zero-order valence-electron chi connectivity index (χ0n) is 16.1. The third-order valence-electron chi connectivity index (χ3n) is 5.25. The summed E-state index contributed by atoms with van der Waals surface area (Å²) in [6, 6.07) is 4.09. The summed E-state index contributed by atoms with van der Waals surface area (Å²) in [6.07, 6.45) is 2.85. The number of fused-ring (bicyclic) bond motifs is 3. The lowest BCUT2D eigenvalue weighted by atomic mass is 9.84. The lowest BCUT2D eigenvalue weighted by Crippen LogP contribution is -2.37. The van der Waals surface area contributed by atoms with Crippen LogP contribution in [-0.2, 0) is 21.6 Å². The fraction of sp³-hybridized carbons (Fsp3) is 0.524. The molecule has 1 unspecified atom stereocenters. The summed E-state index contributed by atoms with van der Waals surface area (Å²) >= 11 is 0. The number of nitrogens with one attached hydrogen (secondary N) is 1. The largest absolute Gasteiger partial charge is 0.493 e. The van der Waals surface area contributed by atoms with Crippen LogP contribution in [0.5, 0.6) is 5.75 Å². The normalized spacial score (nSPS) is 18.9. The molecule has 2 aromatic rings. The Bertz CT molecular complexity index is 909. The van der Waals surface area contributed by atoms with Crippen LogP contribution in [0, 0.1) is 18.3 Å². The SMILES string of the molecule is CCCOc1cc(C#N)c2c3c([nH]c2c1C)C(CCC)(CC(=O)O)OCC3. The Balaban J connectivity index is 2.26. The predicted octanol–water partition coefficient (Wildman–Crippen LogP) is 4.18. The van der Waals surface area contributed by atoms with E-state index < -0.39 is 11.6 Å². The number of hydrogen-bond donors (Lipinski definition) is 2. The van der Waals surface area contributed by atoms with Gasteiger partial charge in [-0.3, -0.25) is 4.79 Å². The Morgan fingerprint density at radius 3 is 2.85 bits per heavy atom. The molecule has 0 spiro atoms. The van der Waals surface area contributed by atoms with Crippen molar-refractivity contribution in [1.29, 1.82) is 5.26 Å². The molecule has 0 saturated carbocycles. The standard InChI is InChI=1S/C21H26N2O4/c1-4-7-21(11-17(24)25)20-15(6-9-27-21)18-14(12-22)10-16(26-8-5-2)13(3)19(18)23-20/h10,23H,4-9,11H2,1-3H3,(H,24,25). The molecule has 0 fully saturated rings. The van der Waals surface area contributed by atoms with Crippen molar-refractivity contribution in [3.63, 3.8) is 0 Å². The van der Waals surface area contributed by atoms with Gasteiger partial charge in [0.1, 0.15) is 11.4 Å². The molecule has 3 rings (SSSR count). The number of benzene rings is 1. The van der Waals surface area contributed by atoms with E-state index in [0.717, 1.165) is 40.6 Å². The zero-order chi connectivity index (χ0) is 19.6. The average molecular weight is 370 g/mol. The number of aryl methyl sites for hydroxylation is 1. The predicted molar refractivity (Wildman–Crippen MR) is 102 cm³/mol. The highest BCUT2D eigenvalue weighted by molar-refractivity contribution is 5.94. The minimum atomic E-state index is -0.890. The number of H-pyrrole nitrogens is 1. The van der Waals surface area contributed by atoms with Crippen LogP contribution in [0.3, 0.4) is 0 Å². The van der Waals surface area contributed by atoms with Crippen molar-refractivity contribution >= 4 is 16.9 Å². The molecular weight excluding hydrogens is 344 g/mol. The molecular formula is C21H26N2O4. The number of hydrogen-bond acceptors (Lipinski definition) is 4. The van der Waals surface area contributed by atoms with E-state index in [-0.39, 0.29) is 6.42 Å². The molecule has 1 aromatic heterocycles. The number of aliphatic carboxylic acids is 1. The number of ether oxygens (including phenoxy) is 2. The van der Waals surface area contributed by atoms with E-state index in [4.69, 9.17) is 9.47 Å². The minimum Gasteiger partial charge on any atom is -0.493 e. The summed E-state index contributed by atoms with van der Waals surface area (Å²) in [5, 5.41) is 20.1. The first kappa shape index (κ1) is 19.2. The van der Waals surface area contributed by atoms with Crippen LogP contribution in [0.2, 0.25) is 0 Å². The van der Waals surface area contributed by atoms with E-state index >= 15 is 0 Å². The average Bonchev–Trinajstić information content (AvgIpc) is 3.03. The Morgan fingerprint density at radius 1 is 1.44 bits per heavy atom. The van der Waals surface area contributed by atoms with E-state index in [2.05, 4.69) is 11.1 Å². The highest BCUT2D eigenvalue weighted by Crippen LogP contribution is 2.44. The van der Waals surface area contributed by atoms with Crippen LogP contribution in [-0.4, -0.2) is 29.3 Å². The number of carboxylic acid groups (broad SMARTS) is 1. The van der Waals surface area contributed by atoms with Gasteiger partial charge in [0.15, 0.2) is 0 Å². The molecule has 0 bridgehead atoms. The first-order valence-electron chi connectivity index (χ1n) is 9.54. The van der Waals surface area contributed by atoms with Gasteiger partial charge in [0.05, 0.1) is 42.5 Å². The van der Waals surface area contributed by atoms with E-state index in [1.807, 2.05) is 20.8 Å². The molecule has 1 atom stereocenters. The molecule has 2 N–H and O–H groups in total. The Labute approximate surface area is 159 Å². The Morgan fingerprint density at radius 2 is 2.22 bits per heavy atom. The van der Waals surface area contributed by atoms with Crippen LogP contribution in [0.15, 0.2) is 6.07 Å². The Hall–Kier alpha value is -2.52. The second kappa shape index (κ2) is 7.61. The Kier molecular flexibility index (Phi) is 5.43. The molecule has 0 radical (unpaired) electrons. The lowest BCUT2D eigenvalue weighted by molar-refractivity contribution is -0.149. The maximum atomic E-state index is 11.6. The second-order valence-corrected chi connectivity index (χ2v) is 7.15. The molecule has 27 heavy (non-hydrogen) atoms. The summed E-state index contributed by atoms with van der Waals surface area (Å²) in [6.45, 7) is 7.06. The molecule has 6 heteroatoms. The number of aromatic nitrogens is 1. The van der Waals surface area contributed by atoms with Gasteiger partial charge in [0.25, 0.3) is 0 Å². The molecule has 1 aromatic carbocycles. The molecule has 6 nitrogen and oxygen atoms in total. The highest BCUT2D eigenvalue weighted by atomic mass is 16.5. The van der Waals surface area contributed by atoms with Crippen molar-refractivity contribution < 1.29 is 19.4 Å². The van der Waals surface area contributed by atoms with Crippen molar-refractivity contribution in [2.45, 2.75) is 58.5 Å². The fourth-order valence-corrected chi connectivity index (χ4v) is 4.13. The smallest absolute Gasteiger partial charge is 0.306 e. The number of aromatic amines is 1. The number of rotatable bonds is 7. The number of carbonyl (C=O) groups is 1. The van der Waals surface area contributed by atoms with Crippen molar-refractivity contribution in [1.82, 2.24) is 4.98 Å². The van der Waals surface area contributed by atoms with Crippen molar-refractivity contribution in [2.75, 3.05) is 13.2 Å². The molecule has 2 heterocycles. The van der Waals surface area contributed by atoms with E-state index in [1.54, 1.807) is 6.07 Å². The third kappa shape index (κ3) is 3.28. The molecule has 0 amide bonds. The third-order valence-corrected chi connectivity index (χ3v) is 5.25. The number of carboxylic acids is 1. The fourth-order valence-electron chi connectivity index (χ4n) is 4.13. The molecule has 0 aliphatic carbocycles. The van der Waals surface area contributed by atoms with E-state index in [1.165, 1.54) is 0 Å². The monoisotopic (exact) mass is 370 g/mol. The van der Waals surface area contributed by atoms with Crippen LogP contribution in [0.25, 0.3) is 10.9 Å². The first-order valence-corrected chi connectivity index (χ1v) is 9.54. The molecule has 0 saturated heterocycles. The topological polar surface area (TPSA) is 95.3 Å². The minimum absolute atomic E-state index is 0.0964. The number of nitriles is 1. The van der Waals surface area contributed by atoms with Crippen LogP contribution in [0.4, 0.5) is 0 Å². The van der Waals surface area contributed by atoms with E-state index in [0.29, 0.717) is 37.4 Å². The summed E-state index contributed by atoms with van der Waals surface area (Å²) < 4.78 is 11.9. The summed E-state index contributed by atoms with van der Waals surface area (Å²) in [4.78, 5) is 15.0. The summed E-state index contributed by atoms with van der Waals surface area (Å²) in [5.41, 5.74) is 3.28. The highest BCUT2D eigenvalue weighted by Gasteiger charge is 2.42. The molecule has 1 aliphatic rings. The zero-order valence-corrected chi connectivity index (χ0v) is 16.1. The van der Waals surface area contributed by atoms with Gasteiger partial charge in [-0.05, 0) is 37.8 Å². The maximum Gasteiger partial charge on any atom is 0.306 e. The van der Waals surface area contributed by atoms with Gasteiger partial charge >= 0.3 is 5.97 Å². The van der Waals surface area contributed by atoms with Gasteiger partial charge in [0, 0.05) is 10.9 Å². The van der Waals surface area contributed by atoms with Gasteiger partial charge in [-0.25, -0.2) is 0 Å². The lowest BCUT2D eigenvalue weighted by Gasteiger charge is -2.36. The second-order valence-electron chi connectivity index (χ2n) is 7.15. The van der Waals surface area contributed by atoms with Gasteiger partial charge in [-0.1, -0.05) is 20.3 Å². The van der Waals surface area contributed by atoms with Gasteiger partial charge in [0.2, 0.25) is 0 Å². The quantitative estimate of drug-likeness (QED) is 0.762. The molecule has 1 aliphatic heterocycles. The van der Waals surface area contributed by atoms with Gasteiger partial charge < -0.3 is 19.6 Å². The van der Waals surface area contributed by atoms with Crippen LogP contribution in [0.1, 0.15) is 61.9 Å². The summed E-state index contributed by atoms with van der Waals surface area (Å²) in [5.74, 6) is -0.195. The van der Waals surface area contributed by atoms with Crippen molar-refractivity contribution in [3.05, 3.63) is 28.5 Å². The van der Waals surface area contributed by atoms with Crippen LogP contribution < -0.4 is 4.74 Å². The van der Waals surface area contributed by atoms with Crippen LogP contribution >= 0.6 is 0 Å². The number of nitrogens with zero attached hydrogens (tertiary/aromatic N) is 1. The summed E-state index contributed by atoms with van der Waals surface area (Å²) in [7, 11) is 0. The van der Waals surface area contributed by atoms with Gasteiger partial charge in [-0.2, -0.15) is 5.26 Å². The van der Waals surface area contributed by atoms with E-state index in [9.17, 15) is 15.2 Å². The maximum absolute atomic E-state index is 11.6. The van der Waals surface area contributed by atoms with Gasteiger partial charge in [-0.15, -0.1) is 0 Å². The first-order chi connectivity index (χ1) is 13.0. The van der Waals surface area contributed by atoms with Crippen molar-refractivity contribution in [2.24, 2.45) is 0 Å². The van der Waals surface area contributed by atoms with Crippen molar-refractivity contribution in [3.8, 4) is 11.8 Å². The molecule has 144 valence electrons.